The minimum atomic E-state index is 0.0974. The van der Waals surface area contributed by atoms with Gasteiger partial charge in [0.1, 0.15) is 0 Å². The summed E-state index contributed by atoms with van der Waals surface area (Å²) in [6.07, 6.45) is 6.82. The minimum Gasteiger partial charge on any atom is -0.326 e. The molecule has 2 nitrogen and oxygen atoms in total. The van der Waals surface area contributed by atoms with Crippen LogP contribution in [-0.4, -0.2) is 9.55 Å². The molecule has 1 unspecified atom stereocenters. The molecule has 0 saturated heterocycles. The van der Waals surface area contributed by atoms with Gasteiger partial charge in [-0.05, 0) is 34.2 Å². The molecule has 1 atom stereocenters. The molecule has 2 heteroatoms. The van der Waals surface area contributed by atoms with Crippen molar-refractivity contribution in [3.8, 4) is 11.1 Å². The first kappa shape index (κ1) is 16.3. The summed E-state index contributed by atoms with van der Waals surface area (Å²) in [5.74, 6) is 0. The van der Waals surface area contributed by atoms with E-state index in [-0.39, 0.29) is 6.04 Å². The summed E-state index contributed by atoms with van der Waals surface area (Å²) in [7, 11) is 0. The normalized spacial score (nSPS) is 12.0. The van der Waals surface area contributed by atoms with Crippen molar-refractivity contribution < 1.29 is 0 Å². The molecule has 0 aliphatic heterocycles. The molecule has 0 spiro atoms. The lowest BCUT2D eigenvalue weighted by atomic mass is 9.90. The quantitative estimate of drug-likeness (QED) is 0.453. The van der Waals surface area contributed by atoms with E-state index in [9.17, 15) is 0 Å². The molecule has 1 heterocycles. The van der Waals surface area contributed by atoms with Gasteiger partial charge in [0.15, 0.2) is 0 Å². The van der Waals surface area contributed by atoms with Crippen LogP contribution in [0.25, 0.3) is 11.1 Å². The summed E-state index contributed by atoms with van der Waals surface area (Å²) < 4.78 is 2.18. The molecule has 1 aromatic heterocycles. The van der Waals surface area contributed by atoms with Crippen molar-refractivity contribution in [3.05, 3.63) is 114 Å². The molecule has 0 aliphatic rings. The number of aryl methyl sites for hydroxylation is 1. The average Bonchev–Trinajstić information content (AvgIpc) is 3.24. The lowest BCUT2D eigenvalue weighted by Gasteiger charge is -2.23. The number of rotatable bonds is 5. The van der Waals surface area contributed by atoms with Gasteiger partial charge in [-0.15, -0.1) is 0 Å². The molecule has 0 aliphatic carbocycles. The molecular weight excluding hydrogens is 316 g/mol. The number of aromatic nitrogens is 2. The second kappa shape index (κ2) is 7.40. The molecule has 0 radical (unpaired) electrons. The molecule has 128 valence electrons. The van der Waals surface area contributed by atoms with E-state index in [1.165, 1.54) is 27.8 Å². The van der Waals surface area contributed by atoms with Crippen LogP contribution in [0.5, 0.6) is 0 Å². The van der Waals surface area contributed by atoms with Crippen molar-refractivity contribution in [2.45, 2.75) is 19.4 Å². The van der Waals surface area contributed by atoms with Crippen molar-refractivity contribution in [2.24, 2.45) is 0 Å². The first-order valence-corrected chi connectivity index (χ1v) is 9.07. The third-order valence-corrected chi connectivity index (χ3v) is 4.84. The molecule has 0 bridgehead atoms. The van der Waals surface area contributed by atoms with E-state index in [0.29, 0.717) is 0 Å². The van der Waals surface area contributed by atoms with E-state index in [1.54, 1.807) is 0 Å². The molecular formula is C24H22N2. The van der Waals surface area contributed by atoms with Crippen molar-refractivity contribution in [1.29, 1.82) is 0 Å². The fourth-order valence-electron chi connectivity index (χ4n) is 3.53. The smallest absolute Gasteiger partial charge is 0.0954 e. The Hall–Kier alpha value is -3.13. The molecule has 4 aromatic rings. The zero-order chi connectivity index (χ0) is 17.8. The van der Waals surface area contributed by atoms with Gasteiger partial charge in [-0.3, -0.25) is 0 Å². The Kier molecular flexibility index (Phi) is 4.65. The zero-order valence-corrected chi connectivity index (χ0v) is 14.9. The third kappa shape index (κ3) is 3.18. The highest BCUT2D eigenvalue weighted by Crippen LogP contribution is 2.34. The van der Waals surface area contributed by atoms with Crippen LogP contribution in [0.15, 0.2) is 97.6 Å². The summed E-state index contributed by atoms with van der Waals surface area (Å²) >= 11 is 0. The van der Waals surface area contributed by atoms with Gasteiger partial charge in [-0.25, -0.2) is 4.98 Å². The van der Waals surface area contributed by atoms with E-state index in [2.05, 4.69) is 95.3 Å². The highest BCUT2D eigenvalue weighted by atomic mass is 15.1. The van der Waals surface area contributed by atoms with Crippen LogP contribution in [-0.2, 0) is 6.42 Å². The summed E-state index contributed by atoms with van der Waals surface area (Å²) in [5, 5.41) is 0. The number of benzene rings is 3. The summed E-state index contributed by atoms with van der Waals surface area (Å²) in [5.41, 5.74) is 6.43. The molecule has 4 rings (SSSR count). The predicted octanol–water partition coefficient (Wildman–Crippen LogP) is 5.75. The van der Waals surface area contributed by atoms with Gasteiger partial charge < -0.3 is 4.57 Å². The SMILES string of the molecule is CCc1cccc(-c2ccccc2C(c2ccccc2)n2ccnc2)c1. The second-order valence-corrected chi connectivity index (χ2v) is 6.46. The van der Waals surface area contributed by atoms with Crippen molar-refractivity contribution in [1.82, 2.24) is 9.55 Å². The van der Waals surface area contributed by atoms with Gasteiger partial charge in [-0.2, -0.15) is 0 Å². The maximum atomic E-state index is 4.29. The summed E-state index contributed by atoms with van der Waals surface area (Å²) in [4.78, 5) is 4.29. The fourth-order valence-corrected chi connectivity index (χ4v) is 3.53. The van der Waals surface area contributed by atoms with Crippen LogP contribution in [0.1, 0.15) is 29.7 Å². The maximum Gasteiger partial charge on any atom is 0.0954 e. The Labute approximate surface area is 154 Å². The first-order valence-electron chi connectivity index (χ1n) is 9.07. The van der Waals surface area contributed by atoms with Crippen LogP contribution in [0.3, 0.4) is 0 Å². The van der Waals surface area contributed by atoms with E-state index < -0.39 is 0 Å². The molecule has 26 heavy (non-hydrogen) atoms. The minimum absolute atomic E-state index is 0.0974. The number of imidazole rings is 1. The van der Waals surface area contributed by atoms with Crippen LogP contribution in [0, 0.1) is 0 Å². The third-order valence-electron chi connectivity index (χ3n) is 4.84. The molecule has 0 fully saturated rings. The summed E-state index contributed by atoms with van der Waals surface area (Å²) in [6.45, 7) is 2.20. The standard InChI is InChI=1S/C24H22N2/c1-2-19-9-8-12-21(17-19)22-13-6-7-14-23(22)24(26-16-15-25-18-26)20-10-4-3-5-11-20/h3-18,24H,2H2,1H3. The van der Waals surface area contributed by atoms with Gasteiger partial charge in [0, 0.05) is 12.4 Å². The van der Waals surface area contributed by atoms with Gasteiger partial charge >= 0.3 is 0 Å². The Balaban J connectivity index is 1.90. The molecule has 0 saturated carbocycles. The first-order chi connectivity index (χ1) is 12.9. The van der Waals surface area contributed by atoms with E-state index in [4.69, 9.17) is 0 Å². The maximum absolute atomic E-state index is 4.29. The monoisotopic (exact) mass is 338 g/mol. The molecule has 3 aromatic carbocycles. The number of hydrogen-bond donors (Lipinski definition) is 0. The molecule has 0 amide bonds. The van der Waals surface area contributed by atoms with E-state index in [1.807, 2.05) is 18.7 Å². The lowest BCUT2D eigenvalue weighted by molar-refractivity contribution is 0.678. The van der Waals surface area contributed by atoms with Crippen LogP contribution < -0.4 is 0 Å². The van der Waals surface area contributed by atoms with Gasteiger partial charge in [0.25, 0.3) is 0 Å². The highest BCUT2D eigenvalue weighted by Gasteiger charge is 2.19. The van der Waals surface area contributed by atoms with Crippen molar-refractivity contribution >= 4 is 0 Å². The number of nitrogens with zero attached hydrogens (tertiary/aromatic N) is 2. The van der Waals surface area contributed by atoms with Crippen LogP contribution in [0.2, 0.25) is 0 Å². The van der Waals surface area contributed by atoms with Crippen molar-refractivity contribution in [2.75, 3.05) is 0 Å². The average molecular weight is 338 g/mol. The lowest BCUT2D eigenvalue weighted by Crippen LogP contribution is -2.11. The Bertz CT molecular complexity index is 972. The topological polar surface area (TPSA) is 17.8 Å². The molecule has 0 N–H and O–H groups in total. The van der Waals surface area contributed by atoms with Crippen molar-refractivity contribution in [3.63, 3.8) is 0 Å². The van der Waals surface area contributed by atoms with E-state index >= 15 is 0 Å². The van der Waals surface area contributed by atoms with Gasteiger partial charge in [-0.1, -0.05) is 85.8 Å². The van der Waals surface area contributed by atoms with Gasteiger partial charge in [0.05, 0.1) is 12.4 Å². The zero-order valence-electron chi connectivity index (χ0n) is 14.9. The predicted molar refractivity (Wildman–Crippen MR) is 107 cm³/mol. The van der Waals surface area contributed by atoms with Gasteiger partial charge in [0.2, 0.25) is 0 Å². The Morgan fingerprint density at radius 1 is 0.885 bits per heavy atom. The second-order valence-electron chi connectivity index (χ2n) is 6.46. The Morgan fingerprint density at radius 3 is 2.46 bits per heavy atom. The fraction of sp³-hybridized carbons (Fsp3) is 0.125. The van der Waals surface area contributed by atoms with Crippen LogP contribution >= 0.6 is 0 Å². The van der Waals surface area contributed by atoms with Crippen LogP contribution in [0.4, 0.5) is 0 Å². The highest BCUT2D eigenvalue weighted by molar-refractivity contribution is 5.69. The largest absolute Gasteiger partial charge is 0.326 e. The number of hydrogen-bond acceptors (Lipinski definition) is 1. The summed E-state index contributed by atoms with van der Waals surface area (Å²) in [6, 6.07) is 28.3. The Morgan fingerprint density at radius 2 is 1.69 bits per heavy atom. The van der Waals surface area contributed by atoms with E-state index in [0.717, 1.165) is 6.42 Å².